The monoisotopic (exact) mass is 278 g/mol. The second-order valence-corrected chi connectivity index (χ2v) is 5.41. The second-order valence-electron chi connectivity index (χ2n) is 5.41. The van der Waals surface area contributed by atoms with Crippen molar-refractivity contribution in [1.29, 1.82) is 0 Å². The number of amides is 1. The van der Waals surface area contributed by atoms with Crippen LogP contribution in [0.5, 0.6) is 5.75 Å². The smallest absolute Gasteiger partial charge is 0.251 e. The summed E-state index contributed by atoms with van der Waals surface area (Å²) in [6, 6.07) is 5.17. The summed E-state index contributed by atoms with van der Waals surface area (Å²) in [6.45, 7) is 7.57. The molecule has 4 nitrogen and oxygen atoms in total. The van der Waals surface area contributed by atoms with E-state index in [1.165, 1.54) is 0 Å². The standard InChI is InChI=1S/C16H26N2O2/c1-4-5-6-9-20-15-10-13(7-8-14(15)17)16(19)18-11-12(2)3/h7-8,10,12H,4-6,9,11,17H2,1-3H3,(H,18,19). The van der Waals surface area contributed by atoms with Gasteiger partial charge in [-0.1, -0.05) is 33.6 Å². The van der Waals surface area contributed by atoms with Gasteiger partial charge >= 0.3 is 0 Å². The van der Waals surface area contributed by atoms with Crippen LogP contribution in [0.25, 0.3) is 0 Å². The van der Waals surface area contributed by atoms with Gasteiger partial charge in [0.05, 0.1) is 12.3 Å². The number of hydrogen-bond donors (Lipinski definition) is 2. The average Bonchev–Trinajstić information content (AvgIpc) is 2.42. The Morgan fingerprint density at radius 2 is 2.10 bits per heavy atom. The van der Waals surface area contributed by atoms with Crippen LogP contribution in [0.1, 0.15) is 50.4 Å². The van der Waals surface area contributed by atoms with Crippen molar-refractivity contribution in [2.45, 2.75) is 40.0 Å². The fourth-order valence-corrected chi connectivity index (χ4v) is 1.73. The highest BCUT2D eigenvalue weighted by Crippen LogP contribution is 2.23. The van der Waals surface area contributed by atoms with Crippen LogP contribution in [0, 0.1) is 5.92 Å². The average molecular weight is 278 g/mol. The third-order valence-electron chi connectivity index (χ3n) is 2.95. The van der Waals surface area contributed by atoms with Crippen molar-refractivity contribution in [2.75, 3.05) is 18.9 Å². The summed E-state index contributed by atoms with van der Waals surface area (Å²) in [6.07, 6.45) is 3.28. The molecule has 1 aromatic rings. The maximum absolute atomic E-state index is 12.0. The Bertz CT molecular complexity index is 430. The number of benzene rings is 1. The zero-order valence-electron chi connectivity index (χ0n) is 12.7. The predicted molar refractivity (Wildman–Crippen MR) is 83.0 cm³/mol. The van der Waals surface area contributed by atoms with E-state index in [1.807, 2.05) is 0 Å². The Morgan fingerprint density at radius 1 is 1.35 bits per heavy atom. The number of carbonyl (C=O) groups is 1. The van der Waals surface area contributed by atoms with Crippen LogP contribution >= 0.6 is 0 Å². The van der Waals surface area contributed by atoms with E-state index < -0.39 is 0 Å². The number of hydrogen-bond acceptors (Lipinski definition) is 3. The normalized spacial score (nSPS) is 10.6. The minimum atomic E-state index is -0.0860. The lowest BCUT2D eigenvalue weighted by atomic mass is 10.1. The van der Waals surface area contributed by atoms with Gasteiger partial charge in [0.15, 0.2) is 0 Å². The van der Waals surface area contributed by atoms with Gasteiger partial charge in [0.25, 0.3) is 5.91 Å². The van der Waals surface area contributed by atoms with Gasteiger partial charge < -0.3 is 15.8 Å². The van der Waals surface area contributed by atoms with Crippen LogP contribution in [-0.4, -0.2) is 19.1 Å². The van der Waals surface area contributed by atoms with Crippen molar-refractivity contribution >= 4 is 11.6 Å². The van der Waals surface area contributed by atoms with Crippen molar-refractivity contribution in [1.82, 2.24) is 5.32 Å². The first-order valence-electron chi connectivity index (χ1n) is 7.35. The van der Waals surface area contributed by atoms with Crippen molar-refractivity contribution in [3.8, 4) is 5.75 Å². The van der Waals surface area contributed by atoms with Crippen LogP contribution in [0.2, 0.25) is 0 Å². The van der Waals surface area contributed by atoms with E-state index in [9.17, 15) is 4.79 Å². The number of nitrogen functional groups attached to an aromatic ring is 1. The molecule has 4 heteroatoms. The first-order chi connectivity index (χ1) is 9.54. The number of carbonyl (C=O) groups excluding carboxylic acids is 1. The number of unbranched alkanes of at least 4 members (excludes halogenated alkanes) is 2. The van der Waals surface area contributed by atoms with E-state index in [2.05, 4.69) is 26.1 Å². The molecular weight excluding hydrogens is 252 g/mol. The minimum absolute atomic E-state index is 0.0860. The van der Waals surface area contributed by atoms with Crippen molar-refractivity contribution in [3.63, 3.8) is 0 Å². The third kappa shape index (κ3) is 5.51. The molecule has 0 aliphatic carbocycles. The van der Waals surface area contributed by atoms with Crippen LogP contribution in [0.3, 0.4) is 0 Å². The molecule has 0 radical (unpaired) electrons. The second kappa shape index (κ2) is 8.46. The molecule has 112 valence electrons. The van der Waals surface area contributed by atoms with Crippen LogP contribution in [0.15, 0.2) is 18.2 Å². The number of rotatable bonds is 8. The summed E-state index contributed by atoms with van der Waals surface area (Å²) in [5, 5.41) is 2.89. The zero-order valence-corrected chi connectivity index (χ0v) is 12.7. The molecule has 20 heavy (non-hydrogen) atoms. The van der Waals surface area contributed by atoms with Crippen molar-refractivity contribution in [3.05, 3.63) is 23.8 Å². The molecule has 0 aliphatic rings. The lowest BCUT2D eigenvalue weighted by molar-refractivity contribution is 0.0948. The fourth-order valence-electron chi connectivity index (χ4n) is 1.73. The maximum atomic E-state index is 12.0. The van der Waals surface area contributed by atoms with Gasteiger partial charge in [0.2, 0.25) is 0 Å². The summed E-state index contributed by atoms with van der Waals surface area (Å²) in [4.78, 5) is 12.0. The number of ether oxygens (including phenoxy) is 1. The summed E-state index contributed by atoms with van der Waals surface area (Å²) in [7, 11) is 0. The van der Waals surface area contributed by atoms with E-state index in [1.54, 1.807) is 18.2 Å². The van der Waals surface area contributed by atoms with Gasteiger partial charge in [0, 0.05) is 12.1 Å². The minimum Gasteiger partial charge on any atom is -0.491 e. The Hall–Kier alpha value is -1.71. The fraction of sp³-hybridized carbons (Fsp3) is 0.562. The van der Waals surface area contributed by atoms with Gasteiger partial charge in [-0.2, -0.15) is 0 Å². The maximum Gasteiger partial charge on any atom is 0.251 e. The number of nitrogens with one attached hydrogen (secondary N) is 1. The molecule has 0 bridgehead atoms. The summed E-state index contributed by atoms with van der Waals surface area (Å²) in [5.74, 6) is 0.938. The number of nitrogens with two attached hydrogens (primary N) is 1. The zero-order chi connectivity index (χ0) is 15.0. The van der Waals surface area contributed by atoms with Gasteiger partial charge in [-0.25, -0.2) is 0 Å². The summed E-state index contributed by atoms with van der Waals surface area (Å²) < 4.78 is 5.65. The largest absolute Gasteiger partial charge is 0.491 e. The van der Waals surface area contributed by atoms with Crippen LogP contribution in [-0.2, 0) is 0 Å². The molecule has 0 spiro atoms. The number of anilines is 1. The molecule has 0 atom stereocenters. The van der Waals surface area contributed by atoms with E-state index in [0.717, 1.165) is 19.3 Å². The van der Waals surface area contributed by atoms with Gasteiger partial charge in [-0.3, -0.25) is 4.79 Å². The lowest BCUT2D eigenvalue weighted by Crippen LogP contribution is -2.27. The molecule has 0 aromatic heterocycles. The van der Waals surface area contributed by atoms with Crippen molar-refractivity contribution < 1.29 is 9.53 Å². The van der Waals surface area contributed by atoms with Crippen LogP contribution in [0.4, 0.5) is 5.69 Å². The molecule has 0 saturated carbocycles. The first-order valence-corrected chi connectivity index (χ1v) is 7.35. The topological polar surface area (TPSA) is 64.3 Å². The quantitative estimate of drug-likeness (QED) is 0.567. The SMILES string of the molecule is CCCCCOc1cc(C(=O)NCC(C)C)ccc1N. The van der Waals surface area contributed by atoms with Gasteiger partial charge in [-0.05, 0) is 30.5 Å². The van der Waals surface area contributed by atoms with Gasteiger partial charge in [-0.15, -0.1) is 0 Å². The molecule has 1 aromatic carbocycles. The Balaban J connectivity index is 2.62. The van der Waals surface area contributed by atoms with E-state index >= 15 is 0 Å². The molecule has 0 fully saturated rings. The molecule has 0 aliphatic heterocycles. The van der Waals surface area contributed by atoms with Crippen LogP contribution < -0.4 is 15.8 Å². The highest BCUT2D eigenvalue weighted by Gasteiger charge is 2.09. The Kier molecular flexibility index (Phi) is 6.91. The summed E-state index contributed by atoms with van der Waals surface area (Å²) >= 11 is 0. The highest BCUT2D eigenvalue weighted by molar-refractivity contribution is 5.95. The Labute approximate surface area is 121 Å². The summed E-state index contributed by atoms with van der Waals surface area (Å²) in [5.41, 5.74) is 7.03. The molecule has 0 unspecified atom stereocenters. The third-order valence-corrected chi connectivity index (χ3v) is 2.95. The lowest BCUT2D eigenvalue weighted by Gasteiger charge is -2.11. The molecule has 0 saturated heterocycles. The molecular formula is C16H26N2O2. The predicted octanol–water partition coefficient (Wildman–Crippen LogP) is 3.22. The molecule has 1 amide bonds. The van der Waals surface area contributed by atoms with E-state index in [-0.39, 0.29) is 5.91 Å². The molecule has 3 N–H and O–H groups in total. The molecule has 1 rings (SSSR count). The first kappa shape index (κ1) is 16.3. The van der Waals surface area contributed by atoms with Crippen molar-refractivity contribution in [2.24, 2.45) is 5.92 Å². The van der Waals surface area contributed by atoms with E-state index in [4.69, 9.17) is 10.5 Å². The van der Waals surface area contributed by atoms with E-state index in [0.29, 0.717) is 36.1 Å². The van der Waals surface area contributed by atoms with Gasteiger partial charge in [0.1, 0.15) is 5.75 Å². The highest BCUT2D eigenvalue weighted by atomic mass is 16.5. The Morgan fingerprint density at radius 3 is 2.75 bits per heavy atom. The molecule has 0 heterocycles.